The summed E-state index contributed by atoms with van der Waals surface area (Å²) in [4.78, 5) is 27.7. The van der Waals surface area contributed by atoms with E-state index >= 15 is 0 Å². The van der Waals surface area contributed by atoms with Gasteiger partial charge in [0.2, 0.25) is 5.13 Å². The molecule has 4 heterocycles. The molecule has 0 spiro atoms. The number of anilines is 1. The summed E-state index contributed by atoms with van der Waals surface area (Å²) in [5, 5.41) is 19.9. The number of nitrogens with zero attached hydrogens (tertiary/aromatic N) is 3. The second kappa shape index (κ2) is 9.75. The molecule has 37 heavy (non-hydrogen) atoms. The van der Waals surface area contributed by atoms with Crippen molar-refractivity contribution in [3.05, 3.63) is 89.4 Å². The zero-order chi connectivity index (χ0) is 25.4. The van der Waals surface area contributed by atoms with E-state index in [2.05, 4.69) is 10.2 Å². The number of aliphatic hydroxyl groups excluding tert-OH is 1. The minimum absolute atomic E-state index is 0.106. The van der Waals surface area contributed by atoms with E-state index in [0.717, 1.165) is 5.56 Å². The van der Waals surface area contributed by atoms with E-state index in [0.29, 0.717) is 46.1 Å². The van der Waals surface area contributed by atoms with Crippen LogP contribution in [0.4, 0.5) is 5.13 Å². The van der Waals surface area contributed by atoms with E-state index in [1.54, 1.807) is 30.3 Å². The molecule has 4 aromatic rings. The van der Waals surface area contributed by atoms with Crippen molar-refractivity contribution in [2.75, 3.05) is 18.1 Å². The maximum Gasteiger partial charge on any atom is 0.302 e. The van der Waals surface area contributed by atoms with E-state index in [1.165, 1.54) is 34.3 Å². The molecule has 2 aliphatic heterocycles. The van der Waals surface area contributed by atoms with Gasteiger partial charge in [-0.2, -0.15) is 0 Å². The van der Waals surface area contributed by atoms with Gasteiger partial charge in [-0.15, -0.1) is 10.2 Å². The molecule has 0 bridgehead atoms. The number of benzene rings is 2. The van der Waals surface area contributed by atoms with Crippen LogP contribution in [0.25, 0.3) is 5.76 Å². The van der Waals surface area contributed by atoms with Gasteiger partial charge in [0.1, 0.15) is 30.8 Å². The predicted molar refractivity (Wildman–Crippen MR) is 137 cm³/mol. The molecule has 1 amide bonds. The average molecular weight is 534 g/mol. The van der Waals surface area contributed by atoms with Crippen LogP contribution in [0.15, 0.2) is 81.3 Å². The van der Waals surface area contributed by atoms with Crippen LogP contribution in [0.2, 0.25) is 0 Å². The van der Waals surface area contributed by atoms with Crippen LogP contribution in [0, 0.1) is 0 Å². The molecular weight excluding hydrogens is 514 g/mol. The predicted octanol–water partition coefficient (Wildman–Crippen LogP) is 4.82. The van der Waals surface area contributed by atoms with Gasteiger partial charge in [0.15, 0.2) is 15.8 Å². The van der Waals surface area contributed by atoms with E-state index < -0.39 is 17.7 Å². The van der Waals surface area contributed by atoms with Gasteiger partial charge >= 0.3 is 5.91 Å². The zero-order valence-electron chi connectivity index (χ0n) is 19.2. The molecule has 1 atom stereocenters. The van der Waals surface area contributed by atoms with Crippen LogP contribution < -0.4 is 14.4 Å². The zero-order valence-corrected chi connectivity index (χ0v) is 20.8. The highest BCUT2D eigenvalue weighted by Crippen LogP contribution is 2.45. The number of hydrogen-bond acceptors (Lipinski definition) is 10. The summed E-state index contributed by atoms with van der Waals surface area (Å²) in [6, 6.07) is 17.0. The SMILES string of the molecule is O=C1C(=O)N(c2nnc(SCc3ccccc3)s2)C(c2ccco2)/C1=C(\O)c1ccc2c(c1)OCCO2. The van der Waals surface area contributed by atoms with Crippen molar-refractivity contribution in [2.24, 2.45) is 0 Å². The van der Waals surface area contributed by atoms with E-state index in [1.807, 2.05) is 30.3 Å². The lowest BCUT2D eigenvalue weighted by atomic mass is 9.99. The molecule has 1 fully saturated rings. The molecule has 2 aromatic heterocycles. The molecule has 0 saturated carbocycles. The largest absolute Gasteiger partial charge is 0.507 e. The van der Waals surface area contributed by atoms with Gasteiger partial charge in [-0.05, 0) is 35.9 Å². The number of aromatic nitrogens is 2. The lowest BCUT2D eigenvalue weighted by Gasteiger charge is -2.21. The molecule has 11 heteroatoms. The summed E-state index contributed by atoms with van der Waals surface area (Å²) in [6.07, 6.45) is 1.45. The number of aliphatic hydroxyl groups is 1. The summed E-state index contributed by atoms with van der Waals surface area (Å²) >= 11 is 2.68. The smallest absolute Gasteiger partial charge is 0.302 e. The average Bonchev–Trinajstić information content (AvgIpc) is 3.68. The third-order valence-electron chi connectivity index (χ3n) is 5.88. The van der Waals surface area contributed by atoms with Crippen molar-refractivity contribution in [2.45, 2.75) is 16.1 Å². The van der Waals surface area contributed by atoms with Crippen LogP contribution in [-0.4, -0.2) is 40.2 Å². The van der Waals surface area contributed by atoms with Gasteiger partial charge in [0.05, 0.1) is 11.8 Å². The first kappa shape index (κ1) is 23.3. The molecule has 2 aromatic carbocycles. The van der Waals surface area contributed by atoms with Gasteiger partial charge in [-0.3, -0.25) is 14.5 Å². The Kier molecular flexibility index (Phi) is 6.15. The number of ether oxygens (including phenoxy) is 2. The maximum absolute atomic E-state index is 13.3. The second-order valence-electron chi connectivity index (χ2n) is 8.17. The van der Waals surface area contributed by atoms with Crippen molar-refractivity contribution >= 4 is 45.7 Å². The van der Waals surface area contributed by atoms with Crippen LogP contribution in [-0.2, 0) is 15.3 Å². The van der Waals surface area contributed by atoms with Crippen LogP contribution in [0.1, 0.15) is 22.9 Å². The van der Waals surface area contributed by atoms with E-state index in [-0.39, 0.29) is 16.5 Å². The normalized spacial score (nSPS) is 18.4. The number of hydrogen-bond donors (Lipinski definition) is 1. The van der Waals surface area contributed by atoms with Crippen molar-refractivity contribution in [1.29, 1.82) is 0 Å². The highest BCUT2D eigenvalue weighted by molar-refractivity contribution is 8.00. The second-order valence-corrected chi connectivity index (χ2v) is 10.3. The minimum atomic E-state index is -1.01. The number of Topliss-reactive ketones (excluding diaryl/α,β-unsaturated/α-hetero) is 1. The fourth-order valence-electron chi connectivity index (χ4n) is 4.17. The Hall–Kier alpha value is -4.09. The Morgan fingerprint density at radius 2 is 1.84 bits per heavy atom. The van der Waals surface area contributed by atoms with Gasteiger partial charge in [0.25, 0.3) is 5.78 Å². The summed E-state index contributed by atoms with van der Waals surface area (Å²) in [6.45, 7) is 0.797. The molecular formula is C26H19N3O6S2. The number of fused-ring (bicyclic) bond motifs is 1. The molecule has 9 nitrogen and oxygen atoms in total. The number of rotatable bonds is 6. The Balaban J connectivity index is 1.37. The van der Waals surface area contributed by atoms with Crippen LogP contribution in [0.3, 0.4) is 0 Å². The number of thioether (sulfide) groups is 1. The number of amides is 1. The Bertz CT molecular complexity index is 1500. The van der Waals surface area contributed by atoms with Crippen molar-refractivity contribution in [1.82, 2.24) is 10.2 Å². The molecule has 6 rings (SSSR count). The third-order valence-corrected chi connectivity index (χ3v) is 8.01. The first-order valence-corrected chi connectivity index (χ1v) is 13.1. The first-order chi connectivity index (χ1) is 18.1. The number of ketones is 1. The van der Waals surface area contributed by atoms with Gasteiger partial charge < -0.3 is 19.0 Å². The lowest BCUT2D eigenvalue weighted by Crippen LogP contribution is -2.29. The summed E-state index contributed by atoms with van der Waals surface area (Å²) in [5.41, 5.74) is 1.33. The summed E-state index contributed by atoms with van der Waals surface area (Å²) in [5.74, 6) is -0.0309. The monoisotopic (exact) mass is 533 g/mol. The number of carbonyl (C=O) groups excluding carboxylic acids is 2. The topological polar surface area (TPSA) is 115 Å². The Morgan fingerprint density at radius 1 is 1.03 bits per heavy atom. The quantitative estimate of drug-likeness (QED) is 0.122. The molecule has 0 radical (unpaired) electrons. The highest BCUT2D eigenvalue weighted by Gasteiger charge is 2.49. The molecule has 2 aliphatic rings. The van der Waals surface area contributed by atoms with Gasteiger partial charge in [0, 0.05) is 11.3 Å². The summed E-state index contributed by atoms with van der Waals surface area (Å²) < 4.78 is 17.4. The minimum Gasteiger partial charge on any atom is -0.507 e. The fourth-order valence-corrected chi connectivity index (χ4v) is 5.99. The fraction of sp³-hybridized carbons (Fsp3) is 0.154. The van der Waals surface area contributed by atoms with E-state index in [9.17, 15) is 14.7 Å². The van der Waals surface area contributed by atoms with Crippen LogP contribution >= 0.6 is 23.1 Å². The van der Waals surface area contributed by atoms with Crippen molar-refractivity contribution < 1.29 is 28.6 Å². The molecule has 1 saturated heterocycles. The molecule has 0 aliphatic carbocycles. The van der Waals surface area contributed by atoms with Crippen molar-refractivity contribution in [3.8, 4) is 11.5 Å². The summed E-state index contributed by atoms with van der Waals surface area (Å²) in [7, 11) is 0. The van der Waals surface area contributed by atoms with Crippen molar-refractivity contribution in [3.63, 3.8) is 0 Å². The maximum atomic E-state index is 13.3. The Morgan fingerprint density at radius 3 is 2.62 bits per heavy atom. The molecule has 1 unspecified atom stereocenters. The number of furan rings is 1. The number of carbonyl (C=O) groups is 2. The lowest BCUT2D eigenvalue weighted by molar-refractivity contribution is -0.132. The molecule has 1 N–H and O–H groups in total. The third kappa shape index (κ3) is 4.36. The Labute approximate surface area is 219 Å². The first-order valence-electron chi connectivity index (χ1n) is 11.3. The standard InChI is InChI=1S/C26H19N3O6S2/c30-22(16-8-9-17-19(13-16)35-12-11-34-17)20-21(18-7-4-10-33-18)29(24(32)23(20)31)25-27-28-26(37-25)36-14-15-5-2-1-3-6-15/h1-10,13,21,30H,11-12,14H2/b22-20+. The van der Waals surface area contributed by atoms with E-state index in [4.69, 9.17) is 13.9 Å². The van der Waals surface area contributed by atoms with Gasteiger partial charge in [-0.1, -0.05) is 53.4 Å². The highest BCUT2D eigenvalue weighted by atomic mass is 32.2. The van der Waals surface area contributed by atoms with Crippen LogP contribution in [0.5, 0.6) is 11.5 Å². The molecule has 186 valence electrons. The van der Waals surface area contributed by atoms with Gasteiger partial charge in [-0.25, -0.2) is 0 Å².